The first kappa shape index (κ1) is 8.17. The van der Waals surface area contributed by atoms with Gasteiger partial charge in [0.25, 0.3) is 0 Å². The molecule has 0 aliphatic carbocycles. The fourth-order valence-corrected chi connectivity index (χ4v) is 1.47. The fraction of sp³-hybridized carbons (Fsp3) is 0.400. The zero-order chi connectivity index (χ0) is 7.40. The lowest BCUT2D eigenvalue weighted by molar-refractivity contribution is 1.21. The number of rotatable bonds is 3. The summed E-state index contributed by atoms with van der Waals surface area (Å²) >= 11 is 11.9. The molecule has 0 fully saturated rings. The molecule has 10 heavy (non-hydrogen) atoms. The van der Waals surface area contributed by atoms with Gasteiger partial charge in [0.15, 0.2) is 4.77 Å². The Morgan fingerprint density at radius 3 is 3.00 bits per heavy atom. The molecule has 0 bridgehead atoms. The molecule has 0 saturated heterocycles. The number of halogens is 1. The second kappa shape index (κ2) is 4.05. The number of aromatic amines is 2. The summed E-state index contributed by atoms with van der Waals surface area (Å²) in [7, 11) is 0. The molecule has 1 aromatic heterocycles. The molecule has 56 valence electrons. The Kier molecular flexibility index (Phi) is 3.31. The van der Waals surface area contributed by atoms with Crippen molar-refractivity contribution in [3.05, 3.63) is 16.7 Å². The molecule has 0 spiro atoms. The number of thioether (sulfide) groups is 1. The summed E-state index contributed by atoms with van der Waals surface area (Å²) < 4.78 is 0.671. The highest BCUT2D eigenvalue weighted by Crippen LogP contribution is 2.09. The van der Waals surface area contributed by atoms with E-state index in [-0.39, 0.29) is 0 Å². The molecular weight excluding hydrogens is 188 g/mol. The van der Waals surface area contributed by atoms with Crippen molar-refractivity contribution in [1.29, 1.82) is 0 Å². The minimum Gasteiger partial charge on any atom is -0.337 e. The normalized spacial score (nSPS) is 10.1. The number of alkyl halides is 1. The Hall–Kier alpha value is 0.0700. The molecular formula is C5H7ClN2S2. The van der Waals surface area contributed by atoms with Crippen molar-refractivity contribution in [1.82, 2.24) is 9.97 Å². The SMILES string of the molecule is S=c1[nH]cc(CSCCl)[nH]1. The summed E-state index contributed by atoms with van der Waals surface area (Å²) in [4.78, 5) is 5.87. The number of imidazole rings is 1. The summed E-state index contributed by atoms with van der Waals surface area (Å²) in [5.41, 5.74) is 1.09. The van der Waals surface area contributed by atoms with Crippen LogP contribution in [0.4, 0.5) is 0 Å². The quantitative estimate of drug-likeness (QED) is 0.573. The van der Waals surface area contributed by atoms with Crippen LogP contribution in [0.1, 0.15) is 5.69 Å². The molecule has 1 aromatic rings. The molecule has 0 aromatic carbocycles. The highest BCUT2D eigenvalue weighted by atomic mass is 35.5. The van der Waals surface area contributed by atoms with Gasteiger partial charge in [-0.25, -0.2) is 0 Å². The van der Waals surface area contributed by atoms with Gasteiger partial charge in [0, 0.05) is 17.6 Å². The second-order valence-electron chi connectivity index (χ2n) is 1.73. The first-order valence-corrected chi connectivity index (χ1v) is 4.83. The molecule has 0 aliphatic rings. The minimum atomic E-state index is 0.617. The van der Waals surface area contributed by atoms with Crippen LogP contribution in [0, 0.1) is 4.77 Å². The monoisotopic (exact) mass is 194 g/mol. The zero-order valence-corrected chi connectivity index (χ0v) is 7.57. The van der Waals surface area contributed by atoms with E-state index in [2.05, 4.69) is 9.97 Å². The van der Waals surface area contributed by atoms with Crippen LogP contribution in [0.2, 0.25) is 0 Å². The molecule has 2 nitrogen and oxygen atoms in total. The highest BCUT2D eigenvalue weighted by molar-refractivity contribution is 7.99. The van der Waals surface area contributed by atoms with Gasteiger partial charge in [-0.1, -0.05) is 0 Å². The lowest BCUT2D eigenvalue weighted by atomic mass is 10.6. The average Bonchev–Trinajstić information content (AvgIpc) is 2.31. The van der Waals surface area contributed by atoms with Crippen molar-refractivity contribution in [3.63, 3.8) is 0 Å². The van der Waals surface area contributed by atoms with E-state index in [9.17, 15) is 0 Å². The standard InChI is InChI=1S/C5H7ClN2S2/c6-3-10-2-4-1-7-5(9)8-4/h1H,2-3H2,(H2,7,8,9). The lowest BCUT2D eigenvalue weighted by Crippen LogP contribution is -1.77. The van der Waals surface area contributed by atoms with Gasteiger partial charge in [0.2, 0.25) is 0 Å². The second-order valence-corrected chi connectivity index (χ2v) is 3.70. The van der Waals surface area contributed by atoms with Crippen LogP contribution in [0.5, 0.6) is 0 Å². The summed E-state index contributed by atoms with van der Waals surface area (Å²) in [5.74, 6) is 0.886. The van der Waals surface area contributed by atoms with Gasteiger partial charge in [0.05, 0.1) is 5.21 Å². The maximum absolute atomic E-state index is 5.47. The van der Waals surface area contributed by atoms with Crippen LogP contribution in [0.3, 0.4) is 0 Å². The predicted octanol–water partition coefficient (Wildman–Crippen LogP) is 2.50. The van der Waals surface area contributed by atoms with Crippen LogP contribution in [-0.4, -0.2) is 15.2 Å². The number of aromatic nitrogens is 2. The van der Waals surface area contributed by atoms with Crippen molar-refractivity contribution >= 4 is 35.6 Å². The third kappa shape index (κ3) is 2.36. The van der Waals surface area contributed by atoms with Crippen LogP contribution in [0.25, 0.3) is 0 Å². The predicted molar refractivity (Wildman–Crippen MR) is 48.0 cm³/mol. The van der Waals surface area contributed by atoms with E-state index in [4.69, 9.17) is 23.8 Å². The van der Waals surface area contributed by atoms with Gasteiger partial charge in [-0.15, -0.1) is 23.4 Å². The van der Waals surface area contributed by atoms with Crippen molar-refractivity contribution in [3.8, 4) is 0 Å². The van der Waals surface area contributed by atoms with Gasteiger partial charge in [0.1, 0.15) is 0 Å². The van der Waals surface area contributed by atoms with Crippen LogP contribution >= 0.6 is 35.6 Å². The van der Waals surface area contributed by atoms with E-state index in [0.717, 1.165) is 11.4 Å². The Bertz CT molecular complexity index is 242. The molecule has 1 rings (SSSR count). The summed E-state index contributed by atoms with van der Waals surface area (Å²) in [5, 5.41) is 0.617. The van der Waals surface area contributed by atoms with Gasteiger partial charge in [-0.2, -0.15) is 0 Å². The number of hydrogen-bond donors (Lipinski definition) is 2. The molecule has 0 atom stereocenters. The Morgan fingerprint density at radius 1 is 1.70 bits per heavy atom. The van der Waals surface area contributed by atoms with E-state index >= 15 is 0 Å². The third-order valence-corrected chi connectivity index (χ3v) is 2.34. The van der Waals surface area contributed by atoms with E-state index in [1.165, 1.54) is 0 Å². The number of H-pyrrole nitrogens is 2. The summed E-state index contributed by atoms with van der Waals surface area (Å²) in [6, 6.07) is 0. The largest absolute Gasteiger partial charge is 0.337 e. The van der Waals surface area contributed by atoms with Crippen molar-refractivity contribution < 1.29 is 0 Å². The topological polar surface area (TPSA) is 31.6 Å². The van der Waals surface area contributed by atoms with Crippen LogP contribution in [-0.2, 0) is 5.75 Å². The van der Waals surface area contributed by atoms with Crippen LogP contribution in [0.15, 0.2) is 6.20 Å². The minimum absolute atomic E-state index is 0.617. The number of nitrogens with one attached hydrogen (secondary N) is 2. The molecule has 2 N–H and O–H groups in total. The molecule has 0 radical (unpaired) electrons. The van der Waals surface area contributed by atoms with Crippen LogP contribution < -0.4 is 0 Å². The molecule has 5 heteroatoms. The highest BCUT2D eigenvalue weighted by Gasteiger charge is 1.91. The van der Waals surface area contributed by atoms with Gasteiger partial charge < -0.3 is 9.97 Å². The summed E-state index contributed by atoms with van der Waals surface area (Å²) in [6.07, 6.45) is 1.86. The Balaban J connectivity index is 2.50. The zero-order valence-electron chi connectivity index (χ0n) is 5.19. The van der Waals surface area contributed by atoms with Gasteiger partial charge in [-0.3, -0.25) is 0 Å². The average molecular weight is 195 g/mol. The number of hydrogen-bond acceptors (Lipinski definition) is 2. The summed E-state index contributed by atoms with van der Waals surface area (Å²) in [6.45, 7) is 0. The fourth-order valence-electron chi connectivity index (χ4n) is 0.597. The van der Waals surface area contributed by atoms with E-state index in [1.807, 2.05) is 6.20 Å². The maximum Gasteiger partial charge on any atom is 0.174 e. The first-order valence-electron chi connectivity index (χ1n) is 2.73. The molecule has 0 saturated carbocycles. The first-order chi connectivity index (χ1) is 4.83. The van der Waals surface area contributed by atoms with E-state index < -0.39 is 0 Å². The van der Waals surface area contributed by atoms with E-state index in [0.29, 0.717) is 9.98 Å². The van der Waals surface area contributed by atoms with Crippen molar-refractivity contribution in [2.75, 3.05) is 5.21 Å². The molecule has 0 aliphatic heterocycles. The molecule has 1 heterocycles. The smallest absolute Gasteiger partial charge is 0.174 e. The van der Waals surface area contributed by atoms with Gasteiger partial charge >= 0.3 is 0 Å². The van der Waals surface area contributed by atoms with E-state index in [1.54, 1.807) is 11.8 Å². The molecule has 0 unspecified atom stereocenters. The third-order valence-electron chi connectivity index (χ3n) is 0.986. The molecule has 0 amide bonds. The van der Waals surface area contributed by atoms with Crippen molar-refractivity contribution in [2.24, 2.45) is 0 Å². The van der Waals surface area contributed by atoms with Crippen molar-refractivity contribution in [2.45, 2.75) is 5.75 Å². The van der Waals surface area contributed by atoms with Gasteiger partial charge in [-0.05, 0) is 12.2 Å². The maximum atomic E-state index is 5.47. The Morgan fingerprint density at radius 2 is 2.50 bits per heavy atom. The Labute approximate surface area is 73.4 Å². The lowest BCUT2D eigenvalue weighted by Gasteiger charge is -1.90.